The van der Waals surface area contributed by atoms with Crippen LogP contribution in [-0.4, -0.2) is 22.7 Å². The summed E-state index contributed by atoms with van der Waals surface area (Å²) in [7, 11) is 1.63. The highest BCUT2D eigenvalue weighted by atomic mass is 16.1. The average molecular weight is 272 g/mol. The van der Waals surface area contributed by atoms with E-state index in [-0.39, 0.29) is 5.91 Å². The van der Waals surface area contributed by atoms with E-state index >= 15 is 0 Å². The van der Waals surface area contributed by atoms with Crippen molar-refractivity contribution in [3.8, 4) is 0 Å². The molecule has 1 aromatic heterocycles. The van der Waals surface area contributed by atoms with Gasteiger partial charge in [-0.3, -0.25) is 9.48 Å². The maximum atomic E-state index is 11.6. The van der Waals surface area contributed by atoms with Gasteiger partial charge in [0.1, 0.15) is 0 Å². The van der Waals surface area contributed by atoms with Gasteiger partial charge in [-0.25, -0.2) is 0 Å². The summed E-state index contributed by atoms with van der Waals surface area (Å²) in [4.78, 5) is 11.6. The molecule has 1 aromatic carbocycles. The number of anilines is 1. The molecule has 5 heteroatoms. The van der Waals surface area contributed by atoms with Crippen molar-refractivity contribution in [2.75, 3.05) is 12.4 Å². The molecule has 5 nitrogen and oxygen atoms in total. The SMILES string of the molecule is CCn1nccc1CNc1ccc(C(=O)NC)cc1C. The molecule has 0 radical (unpaired) electrons. The molecule has 2 N–H and O–H groups in total. The van der Waals surface area contributed by atoms with Crippen molar-refractivity contribution >= 4 is 11.6 Å². The fourth-order valence-corrected chi connectivity index (χ4v) is 2.13. The largest absolute Gasteiger partial charge is 0.379 e. The predicted octanol–water partition coefficient (Wildman–Crippen LogP) is 2.18. The third-order valence-corrected chi connectivity index (χ3v) is 3.28. The zero-order chi connectivity index (χ0) is 14.5. The predicted molar refractivity (Wildman–Crippen MR) is 79.8 cm³/mol. The minimum atomic E-state index is -0.0660. The zero-order valence-corrected chi connectivity index (χ0v) is 12.1. The third kappa shape index (κ3) is 2.99. The number of nitrogens with one attached hydrogen (secondary N) is 2. The van der Waals surface area contributed by atoms with Crippen LogP contribution in [0, 0.1) is 6.92 Å². The molecule has 0 aliphatic heterocycles. The second-order valence-corrected chi connectivity index (χ2v) is 4.60. The Labute approximate surface area is 119 Å². The standard InChI is InChI=1S/C15H20N4O/c1-4-19-13(7-8-18-19)10-17-14-6-5-12(9-11(14)2)15(20)16-3/h5-9,17H,4,10H2,1-3H3,(H,16,20). The molecule has 1 heterocycles. The number of carbonyl (C=O) groups is 1. The molecule has 2 aromatic rings. The smallest absolute Gasteiger partial charge is 0.251 e. The number of carbonyl (C=O) groups excluding carboxylic acids is 1. The number of aryl methyl sites for hydroxylation is 2. The minimum Gasteiger partial charge on any atom is -0.379 e. The van der Waals surface area contributed by atoms with E-state index in [1.165, 1.54) is 0 Å². The van der Waals surface area contributed by atoms with E-state index in [0.717, 1.165) is 23.5 Å². The molecule has 0 saturated heterocycles. The zero-order valence-electron chi connectivity index (χ0n) is 12.1. The molecule has 2 rings (SSSR count). The summed E-state index contributed by atoms with van der Waals surface area (Å²) in [5.74, 6) is -0.0660. The summed E-state index contributed by atoms with van der Waals surface area (Å²) >= 11 is 0. The van der Waals surface area contributed by atoms with Crippen LogP contribution in [0.1, 0.15) is 28.5 Å². The van der Waals surface area contributed by atoms with Gasteiger partial charge in [0.25, 0.3) is 5.91 Å². The highest BCUT2D eigenvalue weighted by Crippen LogP contribution is 2.17. The first-order valence-electron chi connectivity index (χ1n) is 6.73. The van der Waals surface area contributed by atoms with Crippen molar-refractivity contribution in [1.29, 1.82) is 0 Å². The lowest BCUT2D eigenvalue weighted by molar-refractivity contribution is 0.0963. The van der Waals surface area contributed by atoms with Crippen LogP contribution in [0.5, 0.6) is 0 Å². The van der Waals surface area contributed by atoms with Gasteiger partial charge in [0.2, 0.25) is 0 Å². The van der Waals surface area contributed by atoms with Crippen molar-refractivity contribution in [2.45, 2.75) is 26.9 Å². The molecule has 106 valence electrons. The van der Waals surface area contributed by atoms with Crippen LogP contribution in [0.2, 0.25) is 0 Å². The molecule has 0 fully saturated rings. The number of rotatable bonds is 5. The number of benzene rings is 1. The average Bonchev–Trinajstić information content (AvgIpc) is 2.92. The van der Waals surface area contributed by atoms with E-state index in [0.29, 0.717) is 12.1 Å². The Bertz CT molecular complexity index is 604. The maximum Gasteiger partial charge on any atom is 0.251 e. The lowest BCUT2D eigenvalue weighted by Crippen LogP contribution is -2.18. The fraction of sp³-hybridized carbons (Fsp3) is 0.333. The second-order valence-electron chi connectivity index (χ2n) is 4.60. The molecule has 0 saturated carbocycles. The minimum absolute atomic E-state index is 0.0660. The van der Waals surface area contributed by atoms with E-state index in [2.05, 4.69) is 22.7 Å². The van der Waals surface area contributed by atoms with Crippen LogP contribution in [-0.2, 0) is 13.1 Å². The van der Waals surface area contributed by atoms with Crippen LogP contribution < -0.4 is 10.6 Å². The van der Waals surface area contributed by atoms with Crippen molar-refractivity contribution in [1.82, 2.24) is 15.1 Å². The molecule has 0 spiro atoms. The lowest BCUT2D eigenvalue weighted by Gasteiger charge is -2.11. The Morgan fingerprint density at radius 2 is 2.15 bits per heavy atom. The molecule has 20 heavy (non-hydrogen) atoms. The normalized spacial score (nSPS) is 10.3. The van der Waals surface area contributed by atoms with Crippen LogP contribution in [0.15, 0.2) is 30.5 Å². The Balaban J connectivity index is 2.09. The van der Waals surface area contributed by atoms with Gasteiger partial charge < -0.3 is 10.6 Å². The van der Waals surface area contributed by atoms with E-state index in [4.69, 9.17) is 0 Å². The van der Waals surface area contributed by atoms with E-state index in [1.807, 2.05) is 42.1 Å². The molecule has 0 unspecified atom stereocenters. The van der Waals surface area contributed by atoms with Gasteiger partial charge in [-0.1, -0.05) is 0 Å². The van der Waals surface area contributed by atoms with Crippen LogP contribution in [0.4, 0.5) is 5.69 Å². The van der Waals surface area contributed by atoms with Crippen LogP contribution in [0.25, 0.3) is 0 Å². The molecule has 0 aliphatic carbocycles. The molecular weight excluding hydrogens is 252 g/mol. The Hall–Kier alpha value is -2.30. The summed E-state index contributed by atoms with van der Waals surface area (Å²) in [6, 6.07) is 7.65. The van der Waals surface area contributed by atoms with E-state index in [1.54, 1.807) is 7.05 Å². The van der Waals surface area contributed by atoms with E-state index < -0.39 is 0 Å². The van der Waals surface area contributed by atoms with Crippen molar-refractivity contribution in [2.24, 2.45) is 0 Å². The topological polar surface area (TPSA) is 59.0 Å². The van der Waals surface area contributed by atoms with Gasteiger partial charge in [0.15, 0.2) is 0 Å². The lowest BCUT2D eigenvalue weighted by atomic mass is 10.1. The molecule has 1 amide bonds. The van der Waals surface area contributed by atoms with Gasteiger partial charge in [-0.2, -0.15) is 5.10 Å². The first-order chi connectivity index (χ1) is 9.65. The molecule has 0 bridgehead atoms. The summed E-state index contributed by atoms with van der Waals surface area (Å²) in [6.07, 6.45) is 1.81. The fourth-order valence-electron chi connectivity index (χ4n) is 2.13. The van der Waals surface area contributed by atoms with Gasteiger partial charge in [0.05, 0.1) is 12.2 Å². The highest BCUT2D eigenvalue weighted by molar-refractivity contribution is 5.94. The molecular formula is C15H20N4O. The molecule has 0 aliphatic rings. The number of aromatic nitrogens is 2. The summed E-state index contributed by atoms with van der Waals surface area (Å²) in [5, 5.41) is 10.2. The summed E-state index contributed by atoms with van der Waals surface area (Å²) < 4.78 is 1.96. The third-order valence-electron chi connectivity index (χ3n) is 3.28. The monoisotopic (exact) mass is 272 g/mol. The maximum absolute atomic E-state index is 11.6. The van der Waals surface area contributed by atoms with Crippen LogP contribution >= 0.6 is 0 Å². The number of nitrogens with zero attached hydrogens (tertiary/aromatic N) is 2. The summed E-state index contributed by atoms with van der Waals surface area (Å²) in [5.41, 5.74) is 3.89. The second kappa shape index (κ2) is 6.23. The van der Waals surface area contributed by atoms with Crippen LogP contribution in [0.3, 0.4) is 0 Å². The Kier molecular flexibility index (Phi) is 4.40. The van der Waals surface area contributed by atoms with Crippen molar-refractivity contribution in [3.63, 3.8) is 0 Å². The number of hydrogen-bond acceptors (Lipinski definition) is 3. The van der Waals surface area contributed by atoms with Gasteiger partial charge in [-0.05, 0) is 43.7 Å². The summed E-state index contributed by atoms with van der Waals surface area (Å²) in [6.45, 7) is 5.64. The number of hydrogen-bond donors (Lipinski definition) is 2. The number of amides is 1. The van der Waals surface area contributed by atoms with Gasteiger partial charge in [0, 0.05) is 31.0 Å². The Morgan fingerprint density at radius 1 is 1.35 bits per heavy atom. The first kappa shape index (κ1) is 14.1. The van der Waals surface area contributed by atoms with Crippen molar-refractivity contribution in [3.05, 3.63) is 47.3 Å². The van der Waals surface area contributed by atoms with E-state index in [9.17, 15) is 4.79 Å². The van der Waals surface area contributed by atoms with Gasteiger partial charge >= 0.3 is 0 Å². The van der Waals surface area contributed by atoms with Crippen molar-refractivity contribution < 1.29 is 4.79 Å². The quantitative estimate of drug-likeness (QED) is 0.877. The molecule has 0 atom stereocenters. The highest BCUT2D eigenvalue weighted by Gasteiger charge is 2.06. The van der Waals surface area contributed by atoms with Gasteiger partial charge in [-0.15, -0.1) is 0 Å². The Morgan fingerprint density at radius 3 is 2.80 bits per heavy atom. The first-order valence-corrected chi connectivity index (χ1v) is 6.73.